The molecule has 0 spiro atoms. The Balaban J connectivity index is 2.31. The molecule has 0 unspecified atom stereocenters. The van der Waals surface area contributed by atoms with Crippen molar-refractivity contribution in [1.29, 1.82) is 0 Å². The third kappa shape index (κ3) is 2.34. The van der Waals surface area contributed by atoms with Crippen LogP contribution < -0.4 is 10.6 Å². The molecule has 5 nitrogen and oxygen atoms in total. The highest BCUT2D eigenvalue weighted by Crippen LogP contribution is 2.19. The summed E-state index contributed by atoms with van der Waals surface area (Å²) in [5.74, 6) is 0.418. The van der Waals surface area contributed by atoms with Crippen molar-refractivity contribution in [2.24, 2.45) is 0 Å². The van der Waals surface area contributed by atoms with E-state index in [4.69, 9.17) is 10.3 Å². The van der Waals surface area contributed by atoms with Crippen LogP contribution in [0.25, 0.3) is 0 Å². The second kappa shape index (κ2) is 4.91. The first-order valence-corrected chi connectivity index (χ1v) is 5.72. The minimum atomic E-state index is -0.194. The molecule has 1 aromatic carbocycles. The van der Waals surface area contributed by atoms with Gasteiger partial charge >= 0.3 is 0 Å². The quantitative estimate of drug-likeness (QED) is 0.841. The number of hydrogen-bond acceptors (Lipinski definition) is 4. The van der Waals surface area contributed by atoms with Crippen LogP contribution in [0.3, 0.4) is 0 Å². The molecule has 0 saturated carbocycles. The number of anilines is 2. The highest BCUT2D eigenvalue weighted by atomic mass is 16.5. The zero-order valence-corrected chi connectivity index (χ0v) is 10.4. The van der Waals surface area contributed by atoms with Gasteiger partial charge in [-0.15, -0.1) is 0 Å². The fraction of sp³-hybridized carbons (Fsp3) is 0.231. The predicted molar refractivity (Wildman–Crippen MR) is 69.4 cm³/mol. The number of hydrogen-bond donors (Lipinski definition) is 1. The number of aromatic nitrogens is 1. The Morgan fingerprint density at radius 2 is 2.22 bits per heavy atom. The number of nitrogens with zero attached hydrogens (tertiary/aromatic N) is 2. The molecule has 2 aromatic rings. The molecule has 0 radical (unpaired) electrons. The number of carbonyl (C=O) groups is 1. The molecular formula is C13H15N3O2. The van der Waals surface area contributed by atoms with E-state index in [2.05, 4.69) is 5.16 Å². The zero-order chi connectivity index (χ0) is 13.1. The summed E-state index contributed by atoms with van der Waals surface area (Å²) in [6, 6.07) is 8.81. The number of carbonyl (C=O) groups excluding carboxylic acids is 1. The number of aryl methyl sites for hydroxylation is 1. The van der Waals surface area contributed by atoms with Gasteiger partial charge in [-0.05, 0) is 32.0 Å². The first-order chi connectivity index (χ1) is 8.61. The van der Waals surface area contributed by atoms with Crippen LogP contribution in [-0.2, 0) is 0 Å². The summed E-state index contributed by atoms with van der Waals surface area (Å²) in [5.41, 5.74) is 7.40. The monoisotopic (exact) mass is 245 g/mol. The lowest BCUT2D eigenvalue weighted by Gasteiger charge is -2.19. The molecule has 1 amide bonds. The molecule has 0 bridgehead atoms. The minimum absolute atomic E-state index is 0.194. The van der Waals surface area contributed by atoms with Crippen molar-refractivity contribution in [1.82, 2.24) is 5.16 Å². The van der Waals surface area contributed by atoms with E-state index in [0.29, 0.717) is 23.7 Å². The van der Waals surface area contributed by atoms with E-state index < -0.39 is 0 Å². The maximum absolute atomic E-state index is 12.3. The smallest absolute Gasteiger partial charge is 0.280 e. The van der Waals surface area contributed by atoms with E-state index >= 15 is 0 Å². The second-order valence-corrected chi connectivity index (χ2v) is 3.97. The summed E-state index contributed by atoms with van der Waals surface area (Å²) in [6.07, 6.45) is 0. The van der Waals surface area contributed by atoms with Gasteiger partial charge < -0.3 is 15.2 Å². The zero-order valence-electron chi connectivity index (χ0n) is 10.4. The summed E-state index contributed by atoms with van der Waals surface area (Å²) in [4.78, 5) is 13.9. The Bertz CT molecular complexity index is 563. The Kier molecular flexibility index (Phi) is 3.32. The summed E-state index contributed by atoms with van der Waals surface area (Å²) in [5, 5.41) is 3.74. The largest absolute Gasteiger partial charge is 0.399 e. The van der Waals surface area contributed by atoms with Crippen LogP contribution in [0.1, 0.15) is 23.2 Å². The lowest BCUT2D eigenvalue weighted by molar-refractivity contribution is 0.0979. The Hall–Kier alpha value is -2.30. The fourth-order valence-electron chi connectivity index (χ4n) is 1.74. The van der Waals surface area contributed by atoms with Crippen molar-refractivity contribution in [2.75, 3.05) is 17.2 Å². The van der Waals surface area contributed by atoms with Gasteiger partial charge in [0.1, 0.15) is 5.76 Å². The maximum Gasteiger partial charge on any atom is 0.280 e. The van der Waals surface area contributed by atoms with Crippen molar-refractivity contribution in [3.63, 3.8) is 0 Å². The third-order valence-corrected chi connectivity index (χ3v) is 2.59. The van der Waals surface area contributed by atoms with E-state index in [1.165, 1.54) is 0 Å². The van der Waals surface area contributed by atoms with E-state index in [1.807, 2.05) is 19.1 Å². The number of rotatable bonds is 3. The van der Waals surface area contributed by atoms with Crippen molar-refractivity contribution >= 4 is 17.3 Å². The van der Waals surface area contributed by atoms with Gasteiger partial charge in [0.25, 0.3) is 5.91 Å². The van der Waals surface area contributed by atoms with Crippen LogP contribution in [0.15, 0.2) is 34.9 Å². The fourth-order valence-corrected chi connectivity index (χ4v) is 1.74. The Morgan fingerprint density at radius 3 is 2.78 bits per heavy atom. The normalized spacial score (nSPS) is 10.3. The van der Waals surface area contributed by atoms with Gasteiger partial charge in [-0.25, -0.2) is 0 Å². The van der Waals surface area contributed by atoms with Gasteiger partial charge in [-0.1, -0.05) is 11.2 Å². The van der Waals surface area contributed by atoms with Crippen LogP contribution in [0.5, 0.6) is 0 Å². The molecule has 0 atom stereocenters. The molecule has 0 aliphatic carbocycles. The number of benzene rings is 1. The lowest BCUT2D eigenvalue weighted by atomic mass is 10.2. The van der Waals surface area contributed by atoms with Crippen LogP contribution in [0.4, 0.5) is 11.4 Å². The van der Waals surface area contributed by atoms with Gasteiger partial charge in [0.15, 0.2) is 5.69 Å². The van der Waals surface area contributed by atoms with Gasteiger partial charge in [0, 0.05) is 24.0 Å². The van der Waals surface area contributed by atoms with Crippen molar-refractivity contribution in [3.05, 3.63) is 41.8 Å². The van der Waals surface area contributed by atoms with Gasteiger partial charge in [-0.2, -0.15) is 0 Å². The first-order valence-electron chi connectivity index (χ1n) is 5.72. The molecular weight excluding hydrogens is 230 g/mol. The van der Waals surface area contributed by atoms with E-state index in [-0.39, 0.29) is 5.91 Å². The number of amides is 1. The summed E-state index contributed by atoms with van der Waals surface area (Å²) < 4.78 is 4.92. The van der Waals surface area contributed by atoms with Gasteiger partial charge in [0.2, 0.25) is 0 Å². The van der Waals surface area contributed by atoms with Crippen LogP contribution >= 0.6 is 0 Å². The predicted octanol–water partition coefficient (Wildman–Crippen LogP) is 2.23. The van der Waals surface area contributed by atoms with Crippen LogP contribution in [0, 0.1) is 6.92 Å². The summed E-state index contributed by atoms with van der Waals surface area (Å²) >= 11 is 0. The molecule has 0 aliphatic heterocycles. The lowest BCUT2D eigenvalue weighted by Crippen LogP contribution is -2.30. The highest BCUT2D eigenvalue weighted by Gasteiger charge is 2.19. The number of nitrogen functional groups attached to an aromatic ring is 1. The highest BCUT2D eigenvalue weighted by molar-refractivity contribution is 6.04. The molecule has 94 valence electrons. The molecule has 2 N–H and O–H groups in total. The van der Waals surface area contributed by atoms with Gasteiger partial charge in [0.05, 0.1) is 0 Å². The molecule has 18 heavy (non-hydrogen) atoms. The van der Waals surface area contributed by atoms with Crippen molar-refractivity contribution in [3.8, 4) is 0 Å². The topological polar surface area (TPSA) is 72.4 Å². The van der Waals surface area contributed by atoms with Crippen LogP contribution in [-0.4, -0.2) is 17.6 Å². The number of nitrogens with two attached hydrogens (primary N) is 1. The molecule has 5 heteroatoms. The van der Waals surface area contributed by atoms with E-state index in [9.17, 15) is 4.79 Å². The third-order valence-electron chi connectivity index (χ3n) is 2.59. The average Bonchev–Trinajstić information content (AvgIpc) is 2.77. The molecule has 0 saturated heterocycles. The Labute approximate surface area is 105 Å². The second-order valence-electron chi connectivity index (χ2n) is 3.97. The van der Waals surface area contributed by atoms with Crippen molar-refractivity contribution < 1.29 is 9.32 Å². The molecule has 1 aromatic heterocycles. The molecule has 1 heterocycles. The Morgan fingerprint density at radius 1 is 1.44 bits per heavy atom. The molecule has 2 rings (SSSR count). The van der Waals surface area contributed by atoms with E-state index in [1.54, 1.807) is 30.0 Å². The summed E-state index contributed by atoms with van der Waals surface area (Å²) in [6.45, 7) is 4.18. The molecule has 0 aliphatic rings. The average molecular weight is 245 g/mol. The minimum Gasteiger partial charge on any atom is -0.399 e. The summed E-state index contributed by atoms with van der Waals surface area (Å²) in [7, 11) is 0. The first kappa shape index (κ1) is 12.2. The molecule has 0 fully saturated rings. The van der Waals surface area contributed by atoms with Crippen molar-refractivity contribution in [2.45, 2.75) is 13.8 Å². The van der Waals surface area contributed by atoms with Gasteiger partial charge in [-0.3, -0.25) is 4.79 Å². The maximum atomic E-state index is 12.3. The van der Waals surface area contributed by atoms with E-state index in [0.717, 1.165) is 5.69 Å². The SMILES string of the molecule is CCN(C(=O)c1cc(C)on1)c1cccc(N)c1. The van der Waals surface area contributed by atoms with Crippen LogP contribution in [0.2, 0.25) is 0 Å². The standard InChI is InChI=1S/C13H15N3O2/c1-3-16(11-6-4-5-10(14)8-11)13(17)12-7-9(2)18-15-12/h4-8H,3,14H2,1-2H3.